The van der Waals surface area contributed by atoms with Crippen LogP contribution in [0, 0.1) is 24.0 Å². The second-order valence-electron chi connectivity index (χ2n) is 6.72. The number of halogens is 2. The van der Waals surface area contributed by atoms with Crippen molar-refractivity contribution in [1.82, 2.24) is 4.90 Å². The van der Waals surface area contributed by atoms with Gasteiger partial charge in [-0.3, -0.25) is 29.4 Å². The van der Waals surface area contributed by atoms with Gasteiger partial charge < -0.3 is 5.32 Å². The lowest BCUT2D eigenvalue weighted by atomic mass is 10.1. The number of nitrogens with zero attached hydrogens (tertiary/aromatic N) is 2. The smallest absolute Gasteiger partial charge is 0.294 e. The third kappa shape index (κ3) is 5.07. The van der Waals surface area contributed by atoms with E-state index in [1.54, 1.807) is 6.07 Å². The molecule has 2 aromatic carbocycles. The van der Waals surface area contributed by atoms with E-state index < -0.39 is 28.5 Å². The SMILES string of the molecule is Cc1ccc(C)c(NC(=O)CN2C(=O)S/C(=C\c3cc([N+](=O)[O-])c(Cl)cc3Cl)C2=O)c1. The lowest BCUT2D eigenvalue weighted by molar-refractivity contribution is -0.384. The Bertz CT molecular complexity index is 1170. The molecule has 11 heteroatoms. The summed E-state index contributed by atoms with van der Waals surface area (Å²) >= 11 is 12.5. The van der Waals surface area contributed by atoms with Gasteiger partial charge in [-0.05, 0) is 54.9 Å². The molecule has 31 heavy (non-hydrogen) atoms. The fourth-order valence-corrected chi connectivity index (χ4v) is 4.12. The molecule has 160 valence electrons. The molecule has 0 atom stereocenters. The second kappa shape index (κ2) is 9.09. The number of carbonyl (C=O) groups excluding carboxylic acids is 3. The largest absolute Gasteiger partial charge is 0.324 e. The van der Waals surface area contributed by atoms with Crippen molar-refractivity contribution >= 4 is 69.5 Å². The van der Waals surface area contributed by atoms with Crippen molar-refractivity contribution in [2.45, 2.75) is 13.8 Å². The Balaban J connectivity index is 1.79. The van der Waals surface area contributed by atoms with Gasteiger partial charge in [0, 0.05) is 22.3 Å². The van der Waals surface area contributed by atoms with Crippen LogP contribution in [0.4, 0.5) is 16.2 Å². The van der Waals surface area contributed by atoms with Crippen molar-refractivity contribution in [3.05, 3.63) is 72.1 Å². The number of amides is 3. The number of hydrogen-bond acceptors (Lipinski definition) is 6. The summed E-state index contributed by atoms with van der Waals surface area (Å²) in [5.41, 5.74) is 2.15. The van der Waals surface area contributed by atoms with E-state index >= 15 is 0 Å². The molecule has 0 radical (unpaired) electrons. The van der Waals surface area contributed by atoms with Crippen LogP contribution in [0.15, 0.2) is 35.2 Å². The number of aryl methyl sites for hydroxylation is 2. The predicted molar refractivity (Wildman–Crippen MR) is 120 cm³/mol. The number of benzene rings is 2. The Morgan fingerprint density at radius 2 is 1.90 bits per heavy atom. The minimum absolute atomic E-state index is 0.0111. The summed E-state index contributed by atoms with van der Waals surface area (Å²) in [4.78, 5) is 48.5. The van der Waals surface area contributed by atoms with Crippen LogP contribution in [0.2, 0.25) is 10.0 Å². The summed E-state index contributed by atoms with van der Waals surface area (Å²) in [7, 11) is 0. The molecule has 1 fully saturated rings. The van der Waals surface area contributed by atoms with Gasteiger partial charge in [-0.2, -0.15) is 0 Å². The molecule has 1 saturated heterocycles. The standard InChI is InChI=1S/C20H15Cl2N3O5S/c1-10-3-4-11(2)15(5-10)23-18(26)9-24-19(27)17(31-20(24)28)7-12-6-16(25(29)30)14(22)8-13(12)21/h3-8H,9H2,1-2H3,(H,23,26)/b17-7-. The molecular weight excluding hydrogens is 465 g/mol. The summed E-state index contributed by atoms with van der Waals surface area (Å²) in [6, 6.07) is 7.85. The van der Waals surface area contributed by atoms with Crippen LogP contribution in [0.3, 0.4) is 0 Å². The lowest BCUT2D eigenvalue weighted by Gasteiger charge is -2.14. The molecular formula is C20H15Cl2N3O5S. The quantitative estimate of drug-likeness (QED) is 0.358. The van der Waals surface area contributed by atoms with Crippen LogP contribution in [0.5, 0.6) is 0 Å². The maximum Gasteiger partial charge on any atom is 0.294 e. The first kappa shape index (κ1) is 22.8. The number of anilines is 1. The Morgan fingerprint density at radius 3 is 2.58 bits per heavy atom. The number of carbonyl (C=O) groups is 3. The van der Waals surface area contributed by atoms with Crippen LogP contribution in [-0.2, 0) is 9.59 Å². The highest BCUT2D eigenvalue weighted by Gasteiger charge is 2.36. The summed E-state index contributed by atoms with van der Waals surface area (Å²) < 4.78 is 0. The van der Waals surface area contributed by atoms with Crippen LogP contribution >= 0.6 is 35.0 Å². The molecule has 0 saturated carbocycles. The number of hydrogen-bond donors (Lipinski definition) is 1. The minimum Gasteiger partial charge on any atom is -0.324 e. The zero-order valence-electron chi connectivity index (χ0n) is 16.3. The first-order chi connectivity index (χ1) is 14.6. The van der Waals surface area contributed by atoms with Gasteiger partial charge in [-0.15, -0.1) is 0 Å². The molecule has 0 bridgehead atoms. The van der Waals surface area contributed by atoms with Crippen molar-refractivity contribution in [2.75, 3.05) is 11.9 Å². The average molecular weight is 480 g/mol. The van der Waals surface area contributed by atoms with Gasteiger partial charge in [-0.25, -0.2) is 0 Å². The van der Waals surface area contributed by atoms with E-state index in [2.05, 4.69) is 5.32 Å². The van der Waals surface area contributed by atoms with Crippen LogP contribution in [0.1, 0.15) is 16.7 Å². The molecule has 0 spiro atoms. The maximum absolute atomic E-state index is 12.7. The summed E-state index contributed by atoms with van der Waals surface area (Å²) in [5, 5.41) is 13.1. The van der Waals surface area contributed by atoms with Crippen molar-refractivity contribution in [3.63, 3.8) is 0 Å². The summed E-state index contributed by atoms with van der Waals surface area (Å²) in [6.45, 7) is 3.24. The number of imide groups is 1. The molecule has 1 heterocycles. The van der Waals surface area contributed by atoms with Crippen molar-refractivity contribution in [1.29, 1.82) is 0 Å². The molecule has 3 rings (SSSR count). The number of thioether (sulfide) groups is 1. The third-order valence-electron chi connectivity index (χ3n) is 4.39. The highest BCUT2D eigenvalue weighted by atomic mass is 35.5. The Hall–Kier alpha value is -2.88. The molecule has 8 nitrogen and oxygen atoms in total. The fourth-order valence-electron chi connectivity index (χ4n) is 2.79. The zero-order valence-corrected chi connectivity index (χ0v) is 18.6. The number of nitrogens with one attached hydrogen (secondary N) is 1. The summed E-state index contributed by atoms with van der Waals surface area (Å²) in [5.74, 6) is -1.22. The number of nitro groups is 1. The average Bonchev–Trinajstić information content (AvgIpc) is 2.94. The van der Waals surface area contributed by atoms with Crippen LogP contribution < -0.4 is 5.32 Å². The maximum atomic E-state index is 12.7. The highest BCUT2D eigenvalue weighted by molar-refractivity contribution is 8.18. The molecule has 2 aromatic rings. The zero-order chi connectivity index (χ0) is 22.9. The van der Waals surface area contributed by atoms with Crippen molar-refractivity contribution in [2.24, 2.45) is 0 Å². The molecule has 3 amide bonds. The van der Waals surface area contributed by atoms with E-state index in [4.69, 9.17) is 23.2 Å². The van der Waals surface area contributed by atoms with E-state index in [1.807, 2.05) is 26.0 Å². The number of nitro benzene ring substituents is 1. The second-order valence-corrected chi connectivity index (χ2v) is 8.52. The van der Waals surface area contributed by atoms with E-state index in [0.29, 0.717) is 17.4 Å². The molecule has 0 aliphatic carbocycles. The van der Waals surface area contributed by atoms with Crippen LogP contribution in [-0.4, -0.2) is 33.4 Å². The van der Waals surface area contributed by atoms with Gasteiger partial charge >= 0.3 is 0 Å². The first-order valence-corrected chi connectivity index (χ1v) is 10.4. The van der Waals surface area contributed by atoms with E-state index in [1.165, 1.54) is 12.1 Å². The number of rotatable bonds is 5. The molecule has 1 aliphatic rings. The van der Waals surface area contributed by atoms with Gasteiger partial charge in [0.2, 0.25) is 5.91 Å². The molecule has 0 aromatic heterocycles. The third-order valence-corrected chi connectivity index (χ3v) is 5.93. The van der Waals surface area contributed by atoms with Gasteiger partial charge in [0.15, 0.2) is 0 Å². The fraction of sp³-hybridized carbons (Fsp3) is 0.150. The first-order valence-electron chi connectivity index (χ1n) is 8.82. The topological polar surface area (TPSA) is 110 Å². The normalized spacial score (nSPS) is 15.0. The van der Waals surface area contributed by atoms with Crippen molar-refractivity contribution in [3.8, 4) is 0 Å². The molecule has 1 N–H and O–H groups in total. The predicted octanol–water partition coefficient (Wildman–Crippen LogP) is 5.19. The van der Waals surface area contributed by atoms with Gasteiger partial charge in [0.1, 0.15) is 11.6 Å². The van der Waals surface area contributed by atoms with Gasteiger partial charge in [-0.1, -0.05) is 35.3 Å². The van der Waals surface area contributed by atoms with E-state index in [-0.39, 0.29) is 26.2 Å². The Morgan fingerprint density at radius 1 is 1.19 bits per heavy atom. The van der Waals surface area contributed by atoms with Crippen LogP contribution in [0.25, 0.3) is 6.08 Å². The Labute approximate surface area is 191 Å². The summed E-state index contributed by atoms with van der Waals surface area (Å²) in [6.07, 6.45) is 1.26. The van der Waals surface area contributed by atoms with E-state index in [0.717, 1.165) is 22.1 Å². The monoisotopic (exact) mass is 479 g/mol. The minimum atomic E-state index is -0.695. The molecule has 1 aliphatic heterocycles. The Kier molecular flexibility index (Phi) is 6.68. The van der Waals surface area contributed by atoms with Crippen molar-refractivity contribution < 1.29 is 19.3 Å². The lowest BCUT2D eigenvalue weighted by Crippen LogP contribution is -2.36. The van der Waals surface area contributed by atoms with Gasteiger partial charge in [0.05, 0.1) is 9.83 Å². The molecule has 0 unspecified atom stereocenters. The highest BCUT2D eigenvalue weighted by Crippen LogP contribution is 2.36. The van der Waals surface area contributed by atoms with E-state index in [9.17, 15) is 24.5 Å². The van der Waals surface area contributed by atoms with Gasteiger partial charge in [0.25, 0.3) is 16.8 Å².